The van der Waals surface area contributed by atoms with Crippen molar-refractivity contribution >= 4 is 0 Å². The Bertz CT molecular complexity index is 315. The second-order valence-electron chi connectivity index (χ2n) is 5.18. The third kappa shape index (κ3) is 3.04. The molecule has 1 aliphatic rings. The number of hydrogen-bond acceptors (Lipinski definition) is 3. The quantitative estimate of drug-likeness (QED) is 0.798. The van der Waals surface area contributed by atoms with Crippen LogP contribution in [0.15, 0.2) is 6.33 Å². The van der Waals surface area contributed by atoms with E-state index in [1.165, 1.54) is 19.3 Å². The van der Waals surface area contributed by atoms with Crippen LogP contribution in [0.3, 0.4) is 0 Å². The maximum atomic E-state index is 4.31. The number of nitrogens with zero attached hydrogens (tertiary/aromatic N) is 3. The molecule has 0 radical (unpaired) electrons. The Morgan fingerprint density at radius 3 is 2.94 bits per heavy atom. The molecule has 1 aliphatic carbocycles. The summed E-state index contributed by atoms with van der Waals surface area (Å²) < 4.78 is 2.07. The average Bonchev–Trinajstić information content (AvgIpc) is 2.59. The third-order valence-electron chi connectivity index (χ3n) is 3.19. The van der Waals surface area contributed by atoms with Gasteiger partial charge in [-0.2, -0.15) is 5.10 Å². The molecule has 0 aromatic carbocycles. The molecule has 0 spiro atoms. The molecule has 0 atom stereocenters. The van der Waals surface area contributed by atoms with E-state index in [-0.39, 0.29) is 0 Å². The predicted molar refractivity (Wildman–Crippen MR) is 63.9 cm³/mol. The Balaban J connectivity index is 1.81. The Kier molecular flexibility index (Phi) is 3.93. The standard InChI is InChI=1S/C12H22N4/c1-10(2)6-13-7-12-14-9-15-16(12)8-11-4-3-5-11/h9-11,13H,3-8H2,1-2H3. The summed E-state index contributed by atoms with van der Waals surface area (Å²) in [5.41, 5.74) is 0. The predicted octanol–water partition coefficient (Wildman–Crippen LogP) is 1.82. The van der Waals surface area contributed by atoms with Crippen LogP contribution < -0.4 is 5.32 Å². The van der Waals surface area contributed by atoms with Gasteiger partial charge in [0.15, 0.2) is 0 Å². The van der Waals surface area contributed by atoms with E-state index in [9.17, 15) is 0 Å². The molecule has 0 saturated heterocycles. The maximum Gasteiger partial charge on any atom is 0.140 e. The van der Waals surface area contributed by atoms with E-state index in [1.807, 2.05) is 0 Å². The topological polar surface area (TPSA) is 42.7 Å². The first kappa shape index (κ1) is 11.6. The van der Waals surface area contributed by atoms with Gasteiger partial charge < -0.3 is 5.32 Å². The zero-order valence-corrected chi connectivity index (χ0v) is 10.3. The average molecular weight is 222 g/mol. The van der Waals surface area contributed by atoms with Crippen LogP contribution in [0.1, 0.15) is 38.9 Å². The second-order valence-corrected chi connectivity index (χ2v) is 5.18. The van der Waals surface area contributed by atoms with Crippen LogP contribution in [0, 0.1) is 11.8 Å². The first-order chi connectivity index (χ1) is 7.75. The van der Waals surface area contributed by atoms with Crippen molar-refractivity contribution in [3.8, 4) is 0 Å². The van der Waals surface area contributed by atoms with Crippen LogP contribution in [-0.2, 0) is 13.1 Å². The van der Waals surface area contributed by atoms with Crippen molar-refractivity contribution in [2.24, 2.45) is 11.8 Å². The molecule has 4 heteroatoms. The van der Waals surface area contributed by atoms with Gasteiger partial charge in [-0.1, -0.05) is 20.3 Å². The van der Waals surface area contributed by atoms with E-state index in [0.717, 1.165) is 31.4 Å². The highest BCUT2D eigenvalue weighted by molar-refractivity contribution is 4.85. The van der Waals surface area contributed by atoms with E-state index in [4.69, 9.17) is 0 Å². The lowest BCUT2D eigenvalue weighted by Crippen LogP contribution is -2.24. The molecule has 16 heavy (non-hydrogen) atoms. The molecule has 1 saturated carbocycles. The zero-order valence-electron chi connectivity index (χ0n) is 10.3. The molecule has 0 unspecified atom stereocenters. The largest absolute Gasteiger partial charge is 0.310 e. The van der Waals surface area contributed by atoms with Crippen LogP contribution in [-0.4, -0.2) is 21.3 Å². The minimum absolute atomic E-state index is 0.683. The molecule has 0 aliphatic heterocycles. The molecule has 1 fully saturated rings. The highest BCUT2D eigenvalue weighted by atomic mass is 15.3. The number of nitrogens with one attached hydrogen (secondary N) is 1. The summed E-state index contributed by atoms with van der Waals surface area (Å²) in [6, 6.07) is 0. The summed E-state index contributed by atoms with van der Waals surface area (Å²) in [6.45, 7) is 7.36. The summed E-state index contributed by atoms with van der Waals surface area (Å²) in [6.07, 6.45) is 5.78. The molecule has 2 rings (SSSR count). The van der Waals surface area contributed by atoms with Crippen LogP contribution in [0.4, 0.5) is 0 Å². The van der Waals surface area contributed by atoms with E-state index in [1.54, 1.807) is 6.33 Å². The van der Waals surface area contributed by atoms with E-state index in [2.05, 4.69) is 33.9 Å². The van der Waals surface area contributed by atoms with Gasteiger partial charge in [0.2, 0.25) is 0 Å². The van der Waals surface area contributed by atoms with Gasteiger partial charge in [-0.3, -0.25) is 0 Å². The summed E-state index contributed by atoms with van der Waals surface area (Å²) >= 11 is 0. The fourth-order valence-electron chi connectivity index (χ4n) is 1.97. The zero-order chi connectivity index (χ0) is 11.4. The fourth-order valence-corrected chi connectivity index (χ4v) is 1.97. The van der Waals surface area contributed by atoms with Crippen molar-refractivity contribution in [2.45, 2.75) is 46.2 Å². The smallest absolute Gasteiger partial charge is 0.140 e. The number of rotatable bonds is 6. The van der Waals surface area contributed by atoms with Gasteiger partial charge in [0.05, 0.1) is 6.54 Å². The lowest BCUT2D eigenvalue weighted by Gasteiger charge is -2.25. The minimum Gasteiger partial charge on any atom is -0.310 e. The van der Waals surface area contributed by atoms with Gasteiger partial charge in [0.1, 0.15) is 12.2 Å². The lowest BCUT2D eigenvalue weighted by molar-refractivity contribution is 0.262. The van der Waals surface area contributed by atoms with Crippen LogP contribution >= 0.6 is 0 Å². The normalized spacial score (nSPS) is 16.7. The lowest BCUT2D eigenvalue weighted by atomic mass is 9.85. The highest BCUT2D eigenvalue weighted by Gasteiger charge is 2.19. The first-order valence-electron chi connectivity index (χ1n) is 6.33. The number of hydrogen-bond donors (Lipinski definition) is 1. The molecular weight excluding hydrogens is 200 g/mol. The molecule has 90 valence electrons. The monoisotopic (exact) mass is 222 g/mol. The number of aromatic nitrogens is 3. The van der Waals surface area contributed by atoms with Crippen molar-refractivity contribution in [2.75, 3.05) is 6.54 Å². The van der Waals surface area contributed by atoms with Crippen LogP contribution in [0.2, 0.25) is 0 Å². The Morgan fingerprint density at radius 1 is 1.50 bits per heavy atom. The molecule has 1 aromatic rings. The third-order valence-corrected chi connectivity index (χ3v) is 3.19. The van der Waals surface area contributed by atoms with Gasteiger partial charge in [0.25, 0.3) is 0 Å². The van der Waals surface area contributed by atoms with E-state index >= 15 is 0 Å². The van der Waals surface area contributed by atoms with E-state index in [0.29, 0.717) is 5.92 Å². The maximum absolute atomic E-state index is 4.31. The molecule has 0 bridgehead atoms. The van der Waals surface area contributed by atoms with Gasteiger partial charge in [-0.15, -0.1) is 0 Å². The molecule has 1 N–H and O–H groups in total. The van der Waals surface area contributed by atoms with Crippen molar-refractivity contribution in [1.82, 2.24) is 20.1 Å². The Labute approximate surface area is 97.5 Å². The van der Waals surface area contributed by atoms with Gasteiger partial charge in [-0.05, 0) is 31.2 Å². The Morgan fingerprint density at radius 2 is 2.31 bits per heavy atom. The summed E-state index contributed by atoms with van der Waals surface area (Å²) in [5.74, 6) is 2.60. The summed E-state index contributed by atoms with van der Waals surface area (Å²) in [4.78, 5) is 4.31. The van der Waals surface area contributed by atoms with Gasteiger partial charge in [0, 0.05) is 6.54 Å². The van der Waals surface area contributed by atoms with Crippen molar-refractivity contribution < 1.29 is 0 Å². The van der Waals surface area contributed by atoms with Crippen LogP contribution in [0.5, 0.6) is 0 Å². The minimum atomic E-state index is 0.683. The molecule has 1 aromatic heterocycles. The van der Waals surface area contributed by atoms with Crippen molar-refractivity contribution in [3.05, 3.63) is 12.2 Å². The highest BCUT2D eigenvalue weighted by Crippen LogP contribution is 2.27. The molecule has 1 heterocycles. The van der Waals surface area contributed by atoms with Gasteiger partial charge >= 0.3 is 0 Å². The van der Waals surface area contributed by atoms with Gasteiger partial charge in [-0.25, -0.2) is 9.67 Å². The molecular formula is C12H22N4. The molecule has 0 amide bonds. The SMILES string of the molecule is CC(C)CNCc1ncnn1CC1CCC1. The molecule has 4 nitrogen and oxygen atoms in total. The fraction of sp³-hybridized carbons (Fsp3) is 0.833. The summed E-state index contributed by atoms with van der Waals surface area (Å²) in [5, 5.41) is 7.71. The summed E-state index contributed by atoms with van der Waals surface area (Å²) in [7, 11) is 0. The van der Waals surface area contributed by atoms with Crippen molar-refractivity contribution in [3.63, 3.8) is 0 Å². The van der Waals surface area contributed by atoms with E-state index < -0.39 is 0 Å². The first-order valence-corrected chi connectivity index (χ1v) is 6.33. The Hall–Kier alpha value is -0.900. The van der Waals surface area contributed by atoms with Crippen molar-refractivity contribution in [1.29, 1.82) is 0 Å². The second kappa shape index (κ2) is 5.43. The van der Waals surface area contributed by atoms with Crippen LogP contribution in [0.25, 0.3) is 0 Å².